The standard InChI is InChI=1S/C28H31FN8O5/c1-17(38)35-7-9-36(10-8-35)28-27-19(20-12-23-18(11-21(20)29)13-32-34(23)2)5-4-6-22(27)37(33-28)16-25(40)30-14-24(39)31-15-26(41)42-3/h4-6,11-13H,7-10,14-16H2,1-3H3,(H,30,40)(H,31,39). The Kier molecular flexibility index (Phi) is 8.04. The third-order valence-electron chi connectivity index (χ3n) is 7.31. The van der Waals surface area contributed by atoms with Crippen LogP contribution in [0, 0.1) is 5.82 Å². The number of amides is 3. The van der Waals surface area contributed by atoms with Crippen molar-refractivity contribution in [3.63, 3.8) is 0 Å². The number of aryl methyl sites for hydroxylation is 1. The maximum absolute atomic E-state index is 15.5. The number of anilines is 1. The van der Waals surface area contributed by atoms with Gasteiger partial charge in [0.05, 0.1) is 36.3 Å². The number of methoxy groups -OCH3 is 1. The van der Waals surface area contributed by atoms with Crippen LogP contribution in [0.5, 0.6) is 0 Å². The van der Waals surface area contributed by atoms with E-state index in [9.17, 15) is 19.2 Å². The smallest absolute Gasteiger partial charge is 0.325 e. The van der Waals surface area contributed by atoms with Gasteiger partial charge in [-0.25, -0.2) is 4.39 Å². The van der Waals surface area contributed by atoms with Crippen molar-refractivity contribution in [2.24, 2.45) is 7.05 Å². The van der Waals surface area contributed by atoms with Gasteiger partial charge < -0.3 is 25.2 Å². The lowest BCUT2D eigenvalue weighted by molar-refractivity contribution is -0.141. The topological polar surface area (TPSA) is 144 Å². The number of ether oxygens (including phenoxy) is 1. The van der Waals surface area contributed by atoms with Crippen LogP contribution in [0.1, 0.15) is 6.92 Å². The first-order valence-electron chi connectivity index (χ1n) is 13.4. The zero-order valence-corrected chi connectivity index (χ0v) is 23.5. The number of nitrogens with zero attached hydrogens (tertiary/aromatic N) is 6. The van der Waals surface area contributed by atoms with Crippen LogP contribution >= 0.6 is 0 Å². The van der Waals surface area contributed by atoms with E-state index in [1.54, 1.807) is 41.0 Å². The minimum atomic E-state index is -0.607. The van der Waals surface area contributed by atoms with Gasteiger partial charge in [0, 0.05) is 51.1 Å². The van der Waals surface area contributed by atoms with Gasteiger partial charge in [-0.3, -0.25) is 28.5 Å². The lowest BCUT2D eigenvalue weighted by Gasteiger charge is -2.34. The fraction of sp³-hybridized carbons (Fsp3) is 0.357. The van der Waals surface area contributed by atoms with Crippen LogP contribution in [0.15, 0.2) is 36.5 Å². The molecule has 0 bridgehead atoms. The number of piperazine rings is 1. The maximum Gasteiger partial charge on any atom is 0.325 e. The number of carbonyl (C=O) groups excluding carboxylic acids is 4. The van der Waals surface area contributed by atoms with Crippen LogP contribution in [0.4, 0.5) is 10.2 Å². The molecule has 4 aromatic rings. The summed E-state index contributed by atoms with van der Waals surface area (Å²) in [6.07, 6.45) is 1.61. The molecule has 2 aromatic carbocycles. The Bertz CT molecular complexity index is 1690. The van der Waals surface area contributed by atoms with Gasteiger partial charge in [-0.2, -0.15) is 10.2 Å². The van der Waals surface area contributed by atoms with Crippen LogP contribution in [0.25, 0.3) is 32.9 Å². The molecule has 42 heavy (non-hydrogen) atoms. The molecule has 14 heteroatoms. The van der Waals surface area contributed by atoms with Crippen molar-refractivity contribution in [1.82, 2.24) is 35.1 Å². The van der Waals surface area contributed by atoms with Gasteiger partial charge in [0.25, 0.3) is 0 Å². The summed E-state index contributed by atoms with van der Waals surface area (Å²) in [4.78, 5) is 51.8. The van der Waals surface area contributed by atoms with E-state index in [-0.39, 0.29) is 25.5 Å². The molecule has 220 valence electrons. The van der Waals surface area contributed by atoms with Gasteiger partial charge in [0.1, 0.15) is 18.9 Å². The Morgan fingerprint density at radius 3 is 2.43 bits per heavy atom. The second-order valence-corrected chi connectivity index (χ2v) is 9.96. The number of hydrogen-bond acceptors (Lipinski definition) is 8. The molecule has 13 nitrogen and oxygen atoms in total. The Hall–Kier alpha value is -5.01. The third kappa shape index (κ3) is 5.73. The van der Waals surface area contributed by atoms with Crippen LogP contribution in [-0.4, -0.2) is 94.5 Å². The fourth-order valence-corrected chi connectivity index (χ4v) is 5.06. The molecule has 0 saturated carbocycles. The average Bonchev–Trinajstić information content (AvgIpc) is 3.54. The molecule has 5 rings (SSSR count). The molecule has 0 spiro atoms. The first-order valence-corrected chi connectivity index (χ1v) is 13.4. The largest absolute Gasteiger partial charge is 0.468 e. The van der Waals surface area contributed by atoms with Crippen molar-refractivity contribution in [1.29, 1.82) is 0 Å². The second kappa shape index (κ2) is 11.8. The zero-order valence-electron chi connectivity index (χ0n) is 23.5. The van der Waals surface area contributed by atoms with E-state index in [0.29, 0.717) is 59.4 Å². The Labute approximate surface area is 240 Å². The molecule has 0 aliphatic carbocycles. The molecule has 0 atom stereocenters. The van der Waals surface area contributed by atoms with Gasteiger partial charge in [-0.15, -0.1) is 0 Å². The summed E-state index contributed by atoms with van der Waals surface area (Å²) < 4.78 is 23.2. The van der Waals surface area contributed by atoms with E-state index < -0.39 is 23.6 Å². The first-order chi connectivity index (χ1) is 20.2. The van der Waals surface area contributed by atoms with Crippen LogP contribution in [0.3, 0.4) is 0 Å². The number of rotatable bonds is 8. The van der Waals surface area contributed by atoms with Crippen LogP contribution in [-0.2, 0) is 37.5 Å². The van der Waals surface area contributed by atoms with E-state index >= 15 is 4.39 Å². The molecule has 0 unspecified atom stereocenters. The molecule has 1 aliphatic heterocycles. The zero-order chi connectivity index (χ0) is 30.0. The summed E-state index contributed by atoms with van der Waals surface area (Å²) in [6.45, 7) is 2.70. The van der Waals surface area contributed by atoms with E-state index in [1.165, 1.54) is 24.8 Å². The summed E-state index contributed by atoms with van der Waals surface area (Å²) in [7, 11) is 3.00. The Morgan fingerprint density at radius 1 is 0.976 bits per heavy atom. The maximum atomic E-state index is 15.5. The Morgan fingerprint density at radius 2 is 1.71 bits per heavy atom. The summed E-state index contributed by atoms with van der Waals surface area (Å²) in [5, 5.41) is 15.2. The van der Waals surface area contributed by atoms with Crippen molar-refractivity contribution in [2.45, 2.75) is 13.5 Å². The minimum Gasteiger partial charge on any atom is -0.468 e. The van der Waals surface area contributed by atoms with Crippen LogP contribution in [0.2, 0.25) is 0 Å². The highest BCUT2D eigenvalue weighted by Crippen LogP contribution is 2.38. The van der Waals surface area contributed by atoms with E-state index in [4.69, 9.17) is 5.10 Å². The van der Waals surface area contributed by atoms with E-state index in [1.807, 2.05) is 11.0 Å². The van der Waals surface area contributed by atoms with Gasteiger partial charge in [0.15, 0.2) is 5.82 Å². The number of nitrogens with one attached hydrogen (secondary N) is 2. The molecule has 1 saturated heterocycles. The lowest BCUT2D eigenvalue weighted by atomic mass is 9.99. The Balaban J connectivity index is 1.49. The lowest BCUT2D eigenvalue weighted by Crippen LogP contribution is -2.48. The fourth-order valence-electron chi connectivity index (χ4n) is 5.06. The number of halogens is 1. The predicted molar refractivity (Wildman–Crippen MR) is 152 cm³/mol. The number of hydrogen-bond donors (Lipinski definition) is 2. The molecule has 3 amide bonds. The highest BCUT2D eigenvalue weighted by molar-refractivity contribution is 6.04. The summed E-state index contributed by atoms with van der Waals surface area (Å²) >= 11 is 0. The van der Waals surface area contributed by atoms with Crippen molar-refractivity contribution in [3.05, 3.63) is 42.3 Å². The van der Waals surface area contributed by atoms with Crippen LogP contribution < -0.4 is 15.5 Å². The summed E-state index contributed by atoms with van der Waals surface area (Å²) in [6, 6.07) is 8.60. The number of esters is 1. The third-order valence-corrected chi connectivity index (χ3v) is 7.31. The van der Waals surface area contributed by atoms with Gasteiger partial charge in [0.2, 0.25) is 17.7 Å². The monoisotopic (exact) mass is 578 g/mol. The quantitative estimate of drug-likeness (QED) is 0.293. The molecular weight excluding hydrogens is 547 g/mol. The molecule has 2 aromatic heterocycles. The normalized spacial score (nSPS) is 13.4. The van der Waals surface area contributed by atoms with E-state index in [0.717, 1.165) is 5.52 Å². The SMILES string of the molecule is COC(=O)CNC(=O)CNC(=O)Cn1nc(N2CCN(C(C)=O)CC2)c2c(-c3cc4c(cnn4C)cc3F)cccc21. The molecule has 1 fully saturated rings. The molecule has 3 heterocycles. The molecule has 0 radical (unpaired) electrons. The van der Waals surface area contributed by atoms with Crippen molar-refractivity contribution >= 4 is 51.3 Å². The summed E-state index contributed by atoms with van der Waals surface area (Å²) in [5.74, 6) is -1.50. The highest BCUT2D eigenvalue weighted by Gasteiger charge is 2.26. The number of aromatic nitrogens is 4. The van der Waals surface area contributed by atoms with Gasteiger partial charge in [-0.1, -0.05) is 12.1 Å². The minimum absolute atomic E-state index is 0.00966. The summed E-state index contributed by atoms with van der Waals surface area (Å²) in [5.41, 5.74) is 2.33. The van der Waals surface area contributed by atoms with Gasteiger partial charge >= 0.3 is 5.97 Å². The van der Waals surface area contributed by atoms with Crippen molar-refractivity contribution < 1.29 is 28.3 Å². The molecular formula is C28H31FN8O5. The first kappa shape index (κ1) is 28.5. The predicted octanol–water partition coefficient (Wildman–Crippen LogP) is 0.803. The van der Waals surface area contributed by atoms with Gasteiger partial charge in [-0.05, 0) is 23.8 Å². The van der Waals surface area contributed by atoms with Crippen molar-refractivity contribution in [3.8, 4) is 11.1 Å². The average molecular weight is 579 g/mol. The second-order valence-electron chi connectivity index (χ2n) is 9.96. The van der Waals surface area contributed by atoms with Crippen molar-refractivity contribution in [2.75, 3.05) is 51.3 Å². The van der Waals surface area contributed by atoms with E-state index in [2.05, 4.69) is 20.5 Å². The molecule has 2 N–H and O–H groups in total. The highest BCUT2D eigenvalue weighted by atomic mass is 19.1. The number of carbonyl (C=O) groups is 4. The number of fused-ring (bicyclic) bond motifs is 2. The molecule has 1 aliphatic rings. The number of benzene rings is 2.